The van der Waals surface area contributed by atoms with Crippen LogP contribution >= 0.6 is 0 Å². The number of nitrogens with two attached hydrogens (primary N) is 1. The van der Waals surface area contributed by atoms with Crippen LogP contribution in [-0.2, 0) is 21.6 Å². The third-order valence-corrected chi connectivity index (χ3v) is 3.32. The van der Waals surface area contributed by atoms with E-state index in [1.165, 1.54) is 6.42 Å². The molecule has 0 aromatic carbocycles. The molecule has 1 saturated carbocycles. The Morgan fingerprint density at radius 2 is 2.06 bits per heavy atom. The molecule has 6 heteroatoms. The highest BCUT2D eigenvalue weighted by atomic mass is 16.5. The molecular formula is C12H21N3O3. The summed E-state index contributed by atoms with van der Waals surface area (Å²) >= 11 is 0. The second kappa shape index (κ2) is 6.26. The maximum atomic E-state index is 6.32. The summed E-state index contributed by atoms with van der Waals surface area (Å²) in [6, 6.07) is 0. The molecule has 102 valence electrons. The van der Waals surface area contributed by atoms with Gasteiger partial charge in [0.25, 0.3) is 5.89 Å². The Kier molecular flexibility index (Phi) is 4.68. The number of hydrogen-bond donors (Lipinski definition) is 1. The van der Waals surface area contributed by atoms with Gasteiger partial charge < -0.3 is 19.7 Å². The summed E-state index contributed by atoms with van der Waals surface area (Å²) in [6.07, 6.45) is 5.35. The molecule has 0 amide bonds. The predicted octanol–water partition coefficient (Wildman–Crippen LogP) is 1.35. The van der Waals surface area contributed by atoms with Crippen molar-refractivity contribution in [1.29, 1.82) is 0 Å². The Bertz CT molecular complexity index is 361. The normalized spacial score (nSPS) is 19.0. The van der Waals surface area contributed by atoms with E-state index in [4.69, 9.17) is 19.7 Å². The fourth-order valence-corrected chi connectivity index (χ4v) is 2.22. The van der Waals surface area contributed by atoms with Crippen LogP contribution < -0.4 is 5.73 Å². The molecule has 0 bridgehead atoms. The van der Waals surface area contributed by atoms with Gasteiger partial charge in [-0.25, -0.2) is 0 Å². The summed E-state index contributed by atoms with van der Waals surface area (Å²) in [5.74, 6) is 1.10. The van der Waals surface area contributed by atoms with Crippen LogP contribution in [0.1, 0.15) is 43.8 Å². The molecule has 0 aliphatic heterocycles. The molecule has 1 aromatic rings. The highest BCUT2D eigenvalue weighted by Crippen LogP contribution is 2.32. The van der Waals surface area contributed by atoms with E-state index in [0.29, 0.717) is 31.5 Å². The third-order valence-electron chi connectivity index (χ3n) is 3.32. The molecule has 0 unspecified atom stereocenters. The Morgan fingerprint density at radius 1 is 1.28 bits per heavy atom. The van der Waals surface area contributed by atoms with Crippen molar-refractivity contribution >= 4 is 0 Å². The van der Waals surface area contributed by atoms with E-state index in [1.807, 2.05) is 0 Å². The summed E-state index contributed by atoms with van der Waals surface area (Å²) in [5, 5.41) is 3.99. The van der Waals surface area contributed by atoms with Crippen molar-refractivity contribution in [3.63, 3.8) is 0 Å². The average molecular weight is 255 g/mol. The largest absolute Gasteiger partial charge is 0.382 e. The zero-order valence-corrected chi connectivity index (χ0v) is 10.9. The molecule has 1 heterocycles. The van der Waals surface area contributed by atoms with Gasteiger partial charge in [0.1, 0.15) is 6.61 Å². The lowest BCUT2D eigenvalue weighted by Gasteiger charge is -2.29. The van der Waals surface area contributed by atoms with Crippen molar-refractivity contribution in [2.45, 2.75) is 44.2 Å². The van der Waals surface area contributed by atoms with E-state index in [9.17, 15) is 0 Å². The molecule has 18 heavy (non-hydrogen) atoms. The van der Waals surface area contributed by atoms with E-state index >= 15 is 0 Å². The van der Waals surface area contributed by atoms with Crippen LogP contribution in [0.2, 0.25) is 0 Å². The summed E-state index contributed by atoms with van der Waals surface area (Å²) in [5.41, 5.74) is 5.91. The minimum absolute atomic E-state index is 0.312. The van der Waals surface area contributed by atoms with Gasteiger partial charge in [0, 0.05) is 7.11 Å². The van der Waals surface area contributed by atoms with Crippen LogP contribution in [0.5, 0.6) is 0 Å². The number of nitrogens with zero attached hydrogens (tertiary/aromatic N) is 2. The van der Waals surface area contributed by atoms with Crippen molar-refractivity contribution in [3.8, 4) is 0 Å². The van der Waals surface area contributed by atoms with Crippen LogP contribution in [0.4, 0.5) is 0 Å². The Balaban J connectivity index is 1.88. The molecule has 2 N–H and O–H groups in total. The summed E-state index contributed by atoms with van der Waals surface area (Å²) in [6.45, 7) is 1.39. The highest BCUT2D eigenvalue weighted by molar-refractivity contribution is 5.05. The second-order valence-electron chi connectivity index (χ2n) is 4.77. The topological polar surface area (TPSA) is 83.4 Å². The smallest absolute Gasteiger partial charge is 0.252 e. The zero-order valence-electron chi connectivity index (χ0n) is 10.9. The van der Waals surface area contributed by atoms with Crippen molar-refractivity contribution in [3.05, 3.63) is 11.7 Å². The van der Waals surface area contributed by atoms with Crippen LogP contribution in [0.25, 0.3) is 0 Å². The fourth-order valence-electron chi connectivity index (χ4n) is 2.22. The monoisotopic (exact) mass is 255 g/mol. The summed E-state index contributed by atoms with van der Waals surface area (Å²) < 4.78 is 15.4. The van der Waals surface area contributed by atoms with Gasteiger partial charge in [-0.1, -0.05) is 24.4 Å². The molecule has 6 nitrogen and oxygen atoms in total. The number of ether oxygens (including phenoxy) is 2. The number of rotatable bonds is 6. The van der Waals surface area contributed by atoms with Gasteiger partial charge in [0.05, 0.1) is 18.8 Å². The number of hydrogen-bond acceptors (Lipinski definition) is 6. The first-order valence-corrected chi connectivity index (χ1v) is 6.43. The van der Waals surface area contributed by atoms with E-state index in [0.717, 1.165) is 25.7 Å². The van der Waals surface area contributed by atoms with E-state index in [2.05, 4.69) is 10.1 Å². The number of methoxy groups -OCH3 is 1. The minimum atomic E-state index is -0.410. The van der Waals surface area contributed by atoms with Crippen molar-refractivity contribution in [1.82, 2.24) is 10.1 Å². The molecule has 0 spiro atoms. The SMILES string of the molecule is COCCOCc1nc(C2(N)CCCCC2)no1. The van der Waals surface area contributed by atoms with Crippen molar-refractivity contribution in [2.24, 2.45) is 5.73 Å². The van der Waals surface area contributed by atoms with E-state index in [-0.39, 0.29) is 0 Å². The maximum Gasteiger partial charge on any atom is 0.252 e. The molecule has 0 atom stereocenters. The molecule has 1 aliphatic carbocycles. The third kappa shape index (κ3) is 3.28. The zero-order chi connectivity index (χ0) is 12.8. The average Bonchev–Trinajstić information content (AvgIpc) is 2.85. The molecule has 1 fully saturated rings. The Morgan fingerprint density at radius 3 is 2.78 bits per heavy atom. The minimum Gasteiger partial charge on any atom is -0.382 e. The first-order valence-electron chi connectivity index (χ1n) is 6.43. The lowest BCUT2D eigenvalue weighted by Crippen LogP contribution is -2.39. The fraction of sp³-hybridized carbons (Fsp3) is 0.833. The van der Waals surface area contributed by atoms with Gasteiger partial charge in [0.2, 0.25) is 0 Å². The van der Waals surface area contributed by atoms with Gasteiger partial charge in [0.15, 0.2) is 5.82 Å². The maximum absolute atomic E-state index is 6.32. The van der Waals surface area contributed by atoms with Gasteiger partial charge in [-0.15, -0.1) is 0 Å². The lowest BCUT2D eigenvalue weighted by atomic mass is 9.82. The van der Waals surface area contributed by atoms with Gasteiger partial charge in [-0.05, 0) is 12.8 Å². The van der Waals surface area contributed by atoms with Crippen LogP contribution in [0.15, 0.2) is 4.52 Å². The molecule has 0 saturated heterocycles. The van der Waals surface area contributed by atoms with Crippen LogP contribution in [-0.4, -0.2) is 30.5 Å². The van der Waals surface area contributed by atoms with Gasteiger partial charge in [-0.3, -0.25) is 0 Å². The summed E-state index contributed by atoms with van der Waals surface area (Å²) in [4.78, 5) is 4.33. The lowest BCUT2D eigenvalue weighted by molar-refractivity contribution is 0.0494. The first kappa shape index (κ1) is 13.5. The number of aromatic nitrogens is 2. The van der Waals surface area contributed by atoms with Crippen LogP contribution in [0, 0.1) is 0 Å². The molecule has 1 aromatic heterocycles. The van der Waals surface area contributed by atoms with E-state index < -0.39 is 5.54 Å². The first-order chi connectivity index (χ1) is 8.74. The molecule has 2 rings (SSSR count). The Labute approximate surface area is 107 Å². The van der Waals surface area contributed by atoms with Gasteiger partial charge >= 0.3 is 0 Å². The Hall–Kier alpha value is -0.980. The van der Waals surface area contributed by atoms with E-state index in [1.54, 1.807) is 7.11 Å². The van der Waals surface area contributed by atoms with Crippen LogP contribution in [0.3, 0.4) is 0 Å². The van der Waals surface area contributed by atoms with Crippen molar-refractivity contribution < 1.29 is 14.0 Å². The quantitative estimate of drug-likeness (QED) is 0.772. The van der Waals surface area contributed by atoms with Crippen molar-refractivity contribution in [2.75, 3.05) is 20.3 Å². The summed E-state index contributed by atoms with van der Waals surface area (Å²) in [7, 11) is 1.63. The molecule has 0 radical (unpaired) electrons. The van der Waals surface area contributed by atoms with Gasteiger partial charge in [-0.2, -0.15) is 4.98 Å². The standard InChI is InChI=1S/C12H21N3O3/c1-16-7-8-17-9-10-14-11(15-18-10)12(13)5-3-2-4-6-12/h2-9,13H2,1H3. The predicted molar refractivity (Wildman–Crippen MR) is 64.8 cm³/mol. The molecule has 1 aliphatic rings. The molecular weight excluding hydrogens is 234 g/mol. The highest BCUT2D eigenvalue weighted by Gasteiger charge is 2.34. The second-order valence-corrected chi connectivity index (χ2v) is 4.77.